The Bertz CT molecular complexity index is 1710. The highest BCUT2D eigenvalue weighted by molar-refractivity contribution is 5.83. The van der Waals surface area contributed by atoms with E-state index in [2.05, 4.69) is 71.0 Å². The number of fused-ring (bicyclic) bond motifs is 2. The lowest BCUT2D eigenvalue weighted by Crippen LogP contribution is -2.09. The van der Waals surface area contributed by atoms with E-state index >= 15 is 0 Å². The van der Waals surface area contributed by atoms with Crippen molar-refractivity contribution in [2.75, 3.05) is 0 Å². The fourth-order valence-electron chi connectivity index (χ4n) is 4.65. The SMILES string of the molecule is Cc1ccc(C)c(Cn2c(COc3ccc4ccncc4c3)nc3ccc(-c4cnn(C)c4)cc32)c1. The van der Waals surface area contributed by atoms with Gasteiger partial charge in [-0.1, -0.05) is 35.9 Å². The van der Waals surface area contributed by atoms with Gasteiger partial charge in [-0.3, -0.25) is 9.67 Å². The molecule has 6 nitrogen and oxygen atoms in total. The number of nitrogens with zero attached hydrogens (tertiary/aromatic N) is 5. The van der Waals surface area contributed by atoms with Crippen molar-refractivity contribution < 1.29 is 4.74 Å². The van der Waals surface area contributed by atoms with Crippen molar-refractivity contribution in [1.29, 1.82) is 0 Å². The van der Waals surface area contributed by atoms with Gasteiger partial charge in [0, 0.05) is 43.1 Å². The van der Waals surface area contributed by atoms with E-state index in [1.54, 1.807) is 6.20 Å². The van der Waals surface area contributed by atoms with Crippen LogP contribution in [0.4, 0.5) is 0 Å². The maximum Gasteiger partial charge on any atom is 0.148 e. The zero-order valence-corrected chi connectivity index (χ0v) is 20.6. The number of benzene rings is 3. The molecule has 3 heterocycles. The highest BCUT2D eigenvalue weighted by Crippen LogP contribution is 2.27. The standard InChI is InChI=1S/C30H27N5O/c1-20-4-5-21(2)25(12-20)18-35-29-14-23(26-16-32-34(3)17-26)7-9-28(29)33-30(35)19-36-27-8-6-22-10-11-31-15-24(22)13-27/h4-17H,18-19H2,1-3H3. The molecule has 0 bridgehead atoms. The molecule has 0 aliphatic heterocycles. The summed E-state index contributed by atoms with van der Waals surface area (Å²) in [5.74, 6) is 1.69. The first-order valence-electron chi connectivity index (χ1n) is 12.0. The van der Waals surface area contributed by atoms with Gasteiger partial charge >= 0.3 is 0 Å². The van der Waals surface area contributed by atoms with E-state index in [1.807, 2.05) is 48.5 Å². The fraction of sp³-hybridized carbons (Fsp3) is 0.167. The van der Waals surface area contributed by atoms with Crippen LogP contribution in [0.3, 0.4) is 0 Å². The van der Waals surface area contributed by atoms with Gasteiger partial charge < -0.3 is 9.30 Å². The Kier molecular flexibility index (Phi) is 5.49. The van der Waals surface area contributed by atoms with Crippen LogP contribution in [0.2, 0.25) is 0 Å². The smallest absolute Gasteiger partial charge is 0.148 e. The lowest BCUT2D eigenvalue weighted by atomic mass is 10.1. The van der Waals surface area contributed by atoms with Gasteiger partial charge in [-0.05, 0) is 66.3 Å². The summed E-state index contributed by atoms with van der Waals surface area (Å²) in [5.41, 5.74) is 8.03. The van der Waals surface area contributed by atoms with Gasteiger partial charge in [-0.15, -0.1) is 0 Å². The molecule has 0 radical (unpaired) electrons. The maximum absolute atomic E-state index is 6.26. The Morgan fingerprint density at radius 2 is 1.78 bits per heavy atom. The molecule has 0 unspecified atom stereocenters. The largest absolute Gasteiger partial charge is 0.486 e. The summed E-state index contributed by atoms with van der Waals surface area (Å²) in [6, 6.07) is 21.1. The highest BCUT2D eigenvalue weighted by atomic mass is 16.5. The number of ether oxygens (including phenoxy) is 1. The quantitative estimate of drug-likeness (QED) is 0.288. The number of rotatable bonds is 6. The molecule has 0 fully saturated rings. The minimum atomic E-state index is 0.369. The van der Waals surface area contributed by atoms with Crippen LogP contribution in [0, 0.1) is 13.8 Å². The van der Waals surface area contributed by atoms with Gasteiger partial charge in [0.05, 0.1) is 17.2 Å². The van der Waals surface area contributed by atoms with Crippen molar-refractivity contribution in [3.63, 3.8) is 0 Å². The fourth-order valence-corrected chi connectivity index (χ4v) is 4.65. The summed E-state index contributed by atoms with van der Waals surface area (Å²) < 4.78 is 10.4. The third kappa shape index (κ3) is 4.22. The van der Waals surface area contributed by atoms with Crippen molar-refractivity contribution in [1.82, 2.24) is 24.3 Å². The summed E-state index contributed by atoms with van der Waals surface area (Å²) in [7, 11) is 1.94. The Hall–Kier alpha value is -4.45. The van der Waals surface area contributed by atoms with E-state index in [1.165, 1.54) is 16.7 Å². The molecule has 0 atom stereocenters. The Morgan fingerprint density at radius 3 is 2.64 bits per heavy atom. The normalized spacial score (nSPS) is 11.4. The lowest BCUT2D eigenvalue weighted by Gasteiger charge is -2.14. The molecule has 6 rings (SSSR count). The third-order valence-electron chi connectivity index (χ3n) is 6.68. The Balaban J connectivity index is 1.40. The molecule has 0 N–H and O–H groups in total. The molecule has 6 aromatic rings. The van der Waals surface area contributed by atoms with Crippen LogP contribution in [-0.4, -0.2) is 24.3 Å². The molecule has 0 saturated carbocycles. The topological polar surface area (TPSA) is 57.8 Å². The average molecular weight is 474 g/mol. The second-order valence-corrected chi connectivity index (χ2v) is 9.32. The second kappa shape index (κ2) is 8.96. The number of pyridine rings is 1. The van der Waals surface area contributed by atoms with E-state index < -0.39 is 0 Å². The molecule has 0 spiro atoms. The molecule has 0 amide bonds. The van der Waals surface area contributed by atoms with Crippen LogP contribution in [0.1, 0.15) is 22.5 Å². The molecule has 3 aromatic heterocycles. The van der Waals surface area contributed by atoms with Crippen LogP contribution in [0.15, 0.2) is 85.5 Å². The maximum atomic E-state index is 6.26. The minimum Gasteiger partial charge on any atom is -0.486 e. The molecular formula is C30H27N5O. The number of aryl methyl sites for hydroxylation is 3. The van der Waals surface area contributed by atoms with Crippen LogP contribution in [0.25, 0.3) is 32.9 Å². The minimum absolute atomic E-state index is 0.369. The van der Waals surface area contributed by atoms with E-state index in [-0.39, 0.29) is 0 Å². The van der Waals surface area contributed by atoms with Gasteiger partial charge in [0.2, 0.25) is 0 Å². The van der Waals surface area contributed by atoms with E-state index in [0.29, 0.717) is 6.61 Å². The Morgan fingerprint density at radius 1 is 0.861 bits per heavy atom. The first kappa shape index (κ1) is 22.0. The van der Waals surface area contributed by atoms with Crippen molar-refractivity contribution in [3.8, 4) is 16.9 Å². The number of imidazole rings is 1. The first-order chi connectivity index (χ1) is 17.5. The zero-order chi connectivity index (χ0) is 24.6. The second-order valence-electron chi connectivity index (χ2n) is 9.32. The molecule has 6 heteroatoms. The number of hydrogen-bond donors (Lipinski definition) is 0. The van der Waals surface area contributed by atoms with Crippen molar-refractivity contribution in [2.45, 2.75) is 27.0 Å². The summed E-state index contributed by atoms with van der Waals surface area (Å²) in [4.78, 5) is 9.22. The van der Waals surface area contributed by atoms with Gasteiger partial charge in [0.15, 0.2) is 0 Å². The number of hydrogen-bond acceptors (Lipinski definition) is 4. The third-order valence-corrected chi connectivity index (χ3v) is 6.68. The van der Waals surface area contributed by atoms with Crippen LogP contribution < -0.4 is 4.74 Å². The lowest BCUT2D eigenvalue weighted by molar-refractivity contribution is 0.291. The average Bonchev–Trinajstić information content (AvgIpc) is 3.48. The highest BCUT2D eigenvalue weighted by Gasteiger charge is 2.15. The summed E-state index contributed by atoms with van der Waals surface area (Å²) >= 11 is 0. The van der Waals surface area contributed by atoms with E-state index in [4.69, 9.17) is 9.72 Å². The zero-order valence-electron chi connectivity index (χ0n) is 20.6. The number of aromatic nitrogens is 5. The van der Waals surface area contributed by atoms with Gasteiger partial charge in [-0.25, -0.2) is 4.98 Å². The van der Waals surface area contributed by atoms with Gasteiger partial charge in [0.1, 0.15) is 18.2 Å². The van der Waals surface area contributed by atoms with Crippen molar-refractivity contribution in [2.24, 2.45) is 7.05 Å². The predicted molar refractivity (Wildman–Crippen MR) is 143 cm³/mol. The molecule has 0 aliphatic rings. The summed E-state index contributed by atoms with van der Waals surface area (Å²) in [5, 5.41) is 6.54. The molecule has 0 saturated heterocycles. The van der Waals surface area contributed by atoms with Crippen LogP contribution >= 0.6 is 0 Å². The first-order valence-corrected chi connectivity index (χ1v) is 12.0. The van der Waals surface area contributed by atoms with Crippen molar-refractivity contribution in [3.05, 3.63) is 108 Å². The van der Waals surface area contributed by atoms with Crippen molar-refractivity contribution >= 4 is 21.8 Å². The monoisotopic (exact) mass is 473 g/mol. The van der Waals surface area contributed by atoms with E-state index in [0.717, 1.165) is 51.1 Å². The summed E-state index contributed by atoms with van der Waals surface area (Å²) in [6.07, 6.45) is 7.59. The molecule has 178 valence electrons. The molecule has 0 aliphatic carbocycles. The Labute approximate surface area is 209 Å². The molecule has 3 aromatic carbocycles. The molecular weight excluding hydrogens is 446 g/mol. The van der Waals surface area contributed by atoms with Crippen LogP contribution in [0.5, 0.6) is 5.75 Å². The van der Waals surface area contributed by atoms with Gasteiger partial charge in [0.25, 0.3) is 0 Å². The molecule has 36 heavy (non-hydrogen) atoms. The van der Waals surface area contributed by atoms with E-state index in [9.17, 15) is 0 Å². The van der Waals surface area contributed by atoms with Crippen LogP contribution in [-0.2, 0) is 20.2 Å². The summed E-state index contributed by atoms with van der Waals surface area (Å²) in [6.45, 7) is 5.39. The van der Waals surface area contributed by atoms with Gasteiger partial charge in [-0.2, -0.15) is 5.10 Å². The predicted octanol–water partition coefficient (Wildman–Crippen LogP) is 6.23.